The van der Waals surface area contributed by atoms with E-state index in [4.69, 9.17) is 11.6 Å². The van der Waals surface area contributed by atoms with Crippen LogP contribution < -0.4 is 5.32 Å². The van der Waals surface area contributed by atoms with Crippen LogP contribution in [0.25, 0.3) is 0 Å². The molecule has 2 N–H and O–H groups in total. The molecule has 1 aromatic carbocycles. The summed E-state index contributed by atoms with van der Waals surface area (Å²) in [7, 11) is 0. The summed E-state index contributed by atoms with van der Waals surface area (Å²) < 4.78 is 0. The molecule has 0 aliphatic heterocycles. The first-order valence-electron chi connectivity index (χ1n) is 5.74. The lowest BCUT2D eigenvalue weighted by molar-refractivity contribution is 0.465. The maximum Gasteiger partial charge on any atom is 0.152 e. The fraction of sp³-hybridized carbons (Fsp3) is 0.214. The van der Waals surface area contributed by atoms with Crippen LogP contribution in [0.15, 0.2) is 36.5 Å². The first kappa shape index (κ1) is 12.7. The number of phenolic OH excluding ortho intramolecular Hbond substituents is 1. The molecule has 0 radical (unpaired) electrons. The Kier molecular flexibility index (Phi) is 3.72. The second kappa shape index (κ2) is 5.27. The van der Waals surface area contributed by atoms with Crippen LogP contribution in [0, 0.1) is 6.92 Å². The van der Waals surface area contributed by atoms with E-state index in [-0.39, 0.29) is 11.8 Å². The number of nitrogens with one attached hydrogen (secondary N) is 1. The quantitative estimate of drug-likeness (QED) is 0.824. The molecule has 2 aromatic rings. The molecule has 0 aliphatic rings. The highest BCUT2D eigenvalue weighted by Gasteiger charge is 2.11. The Morgan fingerprint density at radius 3 is 2.78 bits per heavy atom. The molecular weight excluding hydrogens is 248 g/mol. The minimum atomic E-state index is -0.0488. The van der Waals surface area contributed by atoms with E-state index in [9.17, 15) is 5.11 Å². The predicted octanol–water partition coefficient (Wildman–Crippen LogP) is 3.92. The van der Waals surface area contributed by atoms with Gasteiger partial charge in [0, 0.05) is 11.8 Å². The summed E-state index contributed by atoms with van der Waals surface area (Å²) in [6.07, 6.45) is 1.64. The monoisotopic (exact) mass is 262 g/mol. The largest absolute Gasteiger partial charge is 0.508 e. The van der Waals surface area contributed by atoms with Crippen molar-refractivity contribution in [3.8, 4) is 5.75 Å². The summed E-state index contributed by atoms with van der Waals surface area (Å²) in [5.41, 5.74) is 2.62. The molecule has 4 heteroatoms. The minimum Gasteiger partial charge on any atom is -0.508 e. The van der Waals surface area contributed by atoms with Gasteiger partial charge in [-0.25, -0.2) is 4.98 Å². The Morgan fingerprint density at radius 1 is 1.33 bits per heavy atom. The Balaban J connectivity index is 2.22. The predicted molar refractivity (Wildman–Crippen MR) is 74.1 cm³/mol. The van der Waals surface area contributed by atoms with Gasteiger partial charge in [0.05, 0.1) is 11.7 Å². The van der Waals surface area contributed by atoms with Crippen molar-refractivity contribution >= 4 is 17.3 Å². The van der Waals surface area contributed by atoms with E-state index in [0.717, 1.165) is 16.8 Å². The average Bonchev–Trinajstić information content (AvgIpc) is 2.32. The van der Waals surface area contributed by atoms with Crippen LogP contribution in [-0.2, 0) is 0 Å². The lowest BCUT2D eigenvalue weighted by atomic mass is 10.0. The van der Waals surface area contributed by atoms with Gasteiger partial charge in [-0.15, -0.1) is 0 Å². The number of hydrogen-bond acceptors (Lipinski definition) is 3. The molecule has 0 spiro atoms. The number of phenols is 1. The van der Waals surface area contributed by atoms with Crippen molar-refractivity contribution in [2.45, 2.75) is 19.9 Å². The number of pyridine rings is 1. The minimum absolute atomic E-state index is 0.0488. The average molecular weight is 263 g/mol. The Morgan fingerprint density at radius 2 is 2.11 bits per heavy atom. The number of halogens is 1. The normalized spacial score (nSPS) is 12.2. The Hall–Kier alpha value is -1.74. The molecule has 1 heterocycles. The fourth-order valence-corrected chi connectivity index (χ4v) is 2.00. The van der Waals surface area contributed by atoms with Crippen LogP contribution in [0.4, 0.5) is 5.69 Å². The molecule has 0 bridgehead atoms. The third kappa shape index (κ3) is 2.74. The molecule has 0 fully saturated rings. The molecule has 0 aliphatic carbocycles. The highest BCUT2D eigenvalue weighted by Crippen LogP contribution is 2.29. The number of benzene rings is 1. The zero-order chi connectivity index (χ0) is 13.1. The number of rotatable bonds is 3. The van der Waals surface area contributed by atoms with Crippen LogP contribution in [0.3, 0.4) is 0 Å². The van der Waals surface area contributed by atoms with Crippen molar-refractivity contribution in [3.05, 3.63) is 52.8 Å². The first-order valence-corrected chi connectivity index (χ1v) is 6.12. The van der Waals surface area contributed by atoms with E-state index < -0.39 is 0 Å². The van der Waals surface area contributed by atoms with Crippen molar-refractivity contribution in [1.29, 1.82) is 0 Å². The summed E-state index contributed by atoms with van der Waals surface area (Å²) in [6.45, 7) is 3.91. The fourth-order valence-electron chi connectivity index (χ4n) is 1.82. The zero-order valence-electron chi connectivity index (χ0n) is 10.3. The molecule has 0 saturated heterocycles. The van der Waals surface area contributed by atoms with E-state index in [1.165, 1.54) is 0 Å². The SMILES string of the molecule is Cc1ccc(C(C)Nc2cccnc2Cl)c(O)c1. The molecular formula is C14H15ClN2O. The zero-order valence-corrected chi connectivity index (χ0v) is 11.1. The van der Waals surface area contributed by atoms with E-state index in [2.05, 4.69) is 10.3 Å². The van der Waals surface area contributed by atoms with Crippen molar-refractivity contribution in [2.75, 3.05) is 5.32 Å². The van der Waals surface area contributed by atoms with Crippen molar-refractivity contribution in [3.63, 3.8) is 0 Å². The van der Waals surface area contributed by atoms with Gasteiger partial charge in [-0.2, -0.15) is 0 Å². The maximum absolute atomic E-state index is 9.92. The second-order valence-electron chi connectivity index (χ2n) is 4.27. The van der Waals surface area contributed by atoms with Gasteiger partial charge in [-0.1, -0.05) is 23.7 Å². The van der Waals surface area contributed by atoms with Crippen molar-refractivity contribution in [1.82, 2.24) is 4.98 Å². The van der Waals surface area contributed by atoms with E-state index in [0.29, 0.717) is 5.15 Å². The third-order valence-electron chi connectivity index (χ3n) is 2.78. The van der Waals surface area contributed by atoms with Crippen LogP contribution in [0.2, 0.25) is 5.15 Å². The lowest BCUT2D eigenvalue weighted by Crippen LogP contribution is -2.07. The highest BCUT2D eigenvalue weighted by atomic mass is 35.5. The van der Waals surface area contributed by atoms with Gasteiger partial charge in [-0.3, -0.25) is 0 Å². The first-order chi connectivity index (χ1) is 8.58. The molecule has 0 amide bonds. The molecule has 0 saturated carbocycles. The molecule has 3 nitrogen and oxygen atoms in total. The summed E-state index contributed by atoms with van der Waals surface area (Å²) in [5.74, 6) is 0.287. The Labute approximate surface area is 111 Å². The van der Waals surface area contributed by atoms with Crippen LogP contribution >= 0.6 is 11.6 Å². The topological polar surface area (TPSA) is 45.2 Å². The van der Waals surface area contributed by atoms with Gasteiger partial charge >= 0.3 is 0 Å². The molecule has 94 valence electrons. The van der Waals surface area contributed by atoms with E-state index in [1.807, 2.05) is 38.1 Å². The van der Waals surface area contributed by atoms with Gasteiger partial charge in [0.1, 0.15) is 5.75 Å². The molecule has 2 rings (SSSR count). The molecule has 1 unspecified atom stereocenters. The van der Waals surface area contributed by atoms with E-state index >= 15 is 0 Å². The van der Waals surface area contributed by atoms with E-state index in [1.54, 1.807) is 12.3 Å². The number of aromatic hydroxyl groups is 1. The summed E-state index contributed by atoms with van der Waals surface area (Å²) in [4.78, 5) is 4.00. The number of aromatic nitrogens is 1. The highest BCUT2D eigenvalue weighted by molar-refractivity contribution is 6.31. The number of aryl methyl sites for hydroxylation is 1. The van der Waals surface area contributed by atoms with Crippen LogP contribution in [-0.4, -0.2) is 10.1 Å². The van der Waals surface area contributed by atoms with Gasteiger partial charge in [-0.05, 0) is 37.6 Å². The summed E-state index contributed by atoms with van der Waals surface area (Å²) >= 11 is 5.98. The molecule has 1 aromatic heterocycles. The van der Waals surface area contributed by atoms with Gasteiger partial charge in [0.25, 0.3) is 0 Å². The van der Waals surface area contributed by atoms with Crippen molar-refractivity contribution < 1.29 is 5.11 Å². The Bertz CT molecular complexity index is 557. The van der Waals surface area contributed by atoms with Gasteiger partial charge in [0.2, 0.25) is 0 Å². The summed E-state index contributed by atoms with van der Waals surface area (Å²) in [5, 5.41) is 13.6. The summed E-state index contributed by atoms with van der Waals surface area (Å²) in [6, 6.07) is 9.25. The van der Waals surface area contributed by atoms with Crippen molar-refractivity contribution in [2.24, 2.45) is 0 Å². The number of nitrogens with zero attached hydrogens (tertiary/aromatic N) is 1. The molecule has 18 heavy (non-hydrogen) atoms. The molecule has 1 atom stereocenters. The third-order valence-corrected chi connectivity index (χ3v) is 3.08. The second-order valence-corrected chi connectivity index (χ2v) is 4.63. The van der Waals surface area contributed by atoms with Gasteiger partial charge in [0.15, 0.2) is 5.15 Å². The number of anilines is 1. The maximum atomic E-state index is 9.92. The van der Waals surface area contributed by atoms with Crippen LogP contribution in [0.1, 0.15) is 24.1 Å². The van der Waals surface area contributed by atoms with Gasteiger partial charge < -0.3 is 10.4 Å². The smallest absolute Gasteiger partial charge is 0.152 e. The van der Waals surface area contributed by atoms with Crippen LogP contribution in [0.5, 0.6) is 5.75 Å². The lowest BCUT2D eigenvalue weighted by Gasteiger charge is -2.17. The number of hydrogen-bond donors (Lipinski definition) is 2. The standard InChI is InChI=1S/C14H15ClN2O/c1-9-5-6-11(13(18)8-9)10(2)17-12-4-3-7-16-14(12)15/h3-8,10,17-18H,1-2H3.